The second kappa shape index (κ2) is 7.62. The topological polar surface area (TPSA) is 92.3 Å². The molecular formula is C15H17ClN2O4S2. The monoisotopic (exact) mass is 388 g/mol. The molecule has 0 aliphatic carbocycles. The zero-order chi connectivity index (χ0) is 17.8. The number of benzene rings is 2. The Balaban J connectivity index is 2.03. The van der Waals surface area contributed by atoms with Gasteiger partial charge in [0, 0.05) is 11.6 Å². The summed E-state index contributed by atoms with van der Waals surface area (Å²) in [7, 11) is -5.61. The van der Waals surface area contributed by atoms with E-state index < -0.39 is 20.0 Å². The molecule has 0 saturated heterocycles. The molecule has 0 spiro atoms. The molecule has 2 aromatic rings. The largest absolute Gasteiger partial charge is 0.240 e. The molecule has 0 atom stereocenters. The molecule has 0 aliphatic heterocycles. The maximum absolute atomic E-state index is 12.2. The van der Waals surface area contributed by atoms with Crippen molar-refractivity contribution in [1.82, 2.24) is 9.44 Å². The number of rotatable bonds is 7. The van der Waals surface area contributed by atoms with E-state index in [-0.39, 0.29) is 17.2 Å². The Hall–Kier alpha value is -1.45. The Bertz CT molecular complexity index is 893. The molecule has 0 amide bonds. The fourth-order valence-corrected chi connectivity index (χ4v) is 3.84. The molecule has 0 saturated carbocycles. The molecule has 6 nitrogen and oxygen atoms in total. The van der Waals surface area contributed by atoms with E-state index >= 15 is 0 Å². The minimum Gasteiger partial charge on any atom is -0.218 e. The van der Waals surface area contributed by atoms with Crippen molar-refractivity contribution in [3.63, 3.8) is 0 Å². The highest BCUT2D eigenvalue weighted by Gasteiger charge is 2.13. The molecule has 24 heavy (non-hydrogen) atoms. The van der Waals surface area contributed by atoms with Gasteiger partial charge in [-0.15, -0.1) is 0 Å². The summed E-state index contributed by atoms with van der Waals surface area (Å²) in [5, 5.41) is 0.459. The SMILES string of the molecule is CNS(=O)(=O)Cc1ccc(CNS(=O)(=O)c2ccc(Cl)cc2)cc1. The first-order chi connectivity index (χ1) is 11.2. The third kappa shape index (κ3) is 5.29. The van der Waals surface area contributed by atoms with Crippen LogP contribution in [0, 0.1) is 0 Å². The van der Waals surface area contributed by atoms with Crippen LogP contribution in [0.4, 0.5) is 0 Å². The smallest absolute Gasteiger partial charge is 0.218 e. The van der Waals surface area contributed by atoms with E-state index in [0.29, 0.717) is 10.6 Å². The fourth-order valence-electron chi connectivity index (χ4n) is 1.92. The summed E-state index contributed by atoms with van der Waals surface area (Å²) in [6, 6.07) is 12.5. The van der Waals surface area contributed by atoms with E-state index in [9.17, 15) is 16.8 Å². The summed E-state index contributed by atoms with van der Waals surface area (Å²) >= 11 is 5.74. The summed E-state index contributed by atoms with van der Waals surface area (Å²) in [5.74, 6) is -0.125. The highest BCUT2D eigenvalue weighted by Crippen LogP contribution is 2.14. The Kier molecular flexibility index (Phi) is 6.00. The quantitative estimate of drug-likeness (QED) is 0.757. The summed E-state index contributed by atoms with van der Waals surface area (Å²) in [6.07, 6.45) is 0. The van der Waals surface area contributed by atoms with Crippen LogP contribution in [0.25, 0.3) is 0 Å². The van der Waals surface area contributed by atoms with Crippen molar-refractivity contribution in [2.24, 2.45) is 0 Å². The van der Waals surface area contributed by atoms with E-state index in [0.717, 1.165) is 5.56 Å². The molecule has 0 radical (unpaired) electrons. The first-order valence-corrected chi connectivity index (χ1v) is 10.5. The first kappa shape index (κ1) is 18.9. The standard InChI is InChI=1S/C15H17ClN2O4S2/c1-17-23(19,20)11-13-4-2-12(3-5-13)10-18-24(21,22)15-8-6-14(16)7-9-15/h2-9,17-18H,10-11H2,1H3. The Morgan fingerprint density at radius 1 is 0.875 bits per heavy atom. The maximum Gasteiger partial charge on any atom is 0.240 e. The van der Waals surface area contributed by atoms with E-state index in [1.807, 2.05) is 0 Å². The number of nitrogens with one attached hydrogen (secondary N) is 2. The normalized spacial score (nSPS) is 12.2. The fraction of sp³-hybridized carbons (Fsp3) is 0.200. The first-order valence-electron chi connectivity index (χ1n) is 6.96. The van der Waals surface area contributed by atoms with Crippen LogP contribution in [0.5, 0.6) is 0 Å². The lowest BCUT2D eigenvalue weighted by molar-refractivity contribution is 0.581. The van der Waals surface area contributed by atoms with Crippen molar-refractivity contribution >= 4 is 31.6 Å². The molecule has 2 aromatic carbocycles. The molecule has 0 heterocycles. The molecule has 2 rings (SSSR count). The summed E-state index contributed by atoms with van der Waals surface area (Å²) < 4.78 is 52.0. The summed E-state index contributed by atoms with van der Waals surface area (Å²) in [4.78, 5) is 0.128. The van der Waals surface area contributed by atoms with E-state index in [1.165, 1.54) is 31.3 Å². The minimum absolute atomic E-state index is 0.101. The molecular weight excluding hydrogens is 372 g/mol. The third-order valence-electron chi connectivity index (χ3n) is 3.28. The third-order valence-corrected chi connectivity index (χ3v) is 6.29. The predicted octanol–water partition coefficient (Wildman–Crippen LogP) is 1.87. The van der Waals surface area contributed by atoms with E-state index in [2.05, 4.69) is 9.44 Å². The molecule has 0 unspecified atom stereocenters. The van der Waals surface area contributed by atoms with Gasteiger partial charge < -0.3 is 0 Å². The van der Waals surface area contributed by atoms with Crippen LogP contribution in [0.2, 0.25) is 5.02 Å². The van der Waals surface area contributed by atoms with Gasteiger partial charge in [-0.05, 0) is 42.4 Å². The van der Waals surface area contributed by atoms with Gasteiger partial charge in [0.1, 0.15) is 0 Å². The van der Waals surface area contributed by atoms with Crippen molar-refractivity contribution in [1.29, 1.82) is 0 Å². The van der Waals surface area contributed by atoms with Gasteiger partial charge in [-0.25, -0.2) is 26.3 Å². The Morgan fingerprint density at radius 3 is 1.96 bits per heavy atom. The average Bonchev–Trinajstić information content (AvgIpc) is 2.54. The zero-order valence-corrected chi connectivity index (χ0v) is 15.2. The molecule has 130 valence electrons. The number of hydrogen-bond acceptors (Lipinski definition) is 4. The lowest BCUT2D eigenvalue weighted by Crippen LogP contribution is -2.23. The molecule has 9 heteroatoms. The van der Waals surface area contributed by atoms with E-state index in [1.54, 1.807) is 24.3 Å². The van der Waals surface area contributed by atoms with Crippen molar-refractivity contribution in [3.8, 4) is 0 Å². The van der Waals surface area contributed by atoms with Gasteiger partial charge in [0.15, 0.2) is 0 Å². The molecule has 0 aliphatic rings. The van der Waals surface area contributed by atoms with Crippen molar-refractivity contribution in [2.75, 3.05) is 7.05 Å². The van der Waals surface area contributed by atoms with Crippen LogP contribution < -0.4 is 9.44 Å². The van der Waals surface area contributed by atoms with E-state index in [4.69, 9.17) is 11.6 Å². The van der Waals surface area contributed by atoms with Gasteiger partial charge in [0.2, 0.25) is 20.0 Å². The highest BCUT2D eigenvalue weighted by atomic mass is 35.5. The van der Waals surface area contributed by atoms with Crippen LogP contribution in [0.1, 0.15) is 11.1 Å². The second-order valence-corrected chi connectivity index (χ2v) is 9.19. The Labute approximate surface area is 147 Å². The van der Waals surface area contributed by atoms with Crippen LogP contribution in [0.15, 0.2) is 53.4 Å². The number of halogens is 1. The van der Waals surface area contributed by atoms with Crippen LogP contribution >= 0.6 is 11.6 Å². The van der Waals surface area contributed by atoms with Crippen molar-refractivity contribution < 1.29 is 16.8 Å². The van der Waals surface area contributed by atoms with Crippen LogP contribution in [-0.2, 0) is 32.3 Å². The lowest BCUT2D eigenvalue weighted by atomic mass is 10.1. The zero-order valence-electron chi connectivity index (χ0n) is 12.9. The van der Waals surface area contributed by atoms with Gasteiger partial charge in [-0.3, -0.25) is 0 Å². The van der Waals surface area contributed by atoms with Crippen LogP contribution in [0.3, 0.4) is 0 Å². The van der Waals surface area contributed by atoms with Crippen molar-refractivity contribution in [2.45, 2.75) is 17.2 Å². The molecule has 2 N–H and O–H groups in total. The molecule has 0 fully saturated rings. The summed E-state index contributed by atoms with van der Waals surface area (Å²) in [5.41, 5.74) is 1.34. The van der Waals surface area contributed by atoms with Gasteiger partial charge in [0.25, 0.3) is 0 Å². The number of sulfonamides is 2. The second-order valence-electron chi connectivity index (χ2n) is 5.06. The molecule has 0 bridgehead atoms. The number of hydrogen-bond donors (Lipinski definition) is 2. The van der Waals surface area contributed by atoms with Gasteiger partial charge in [-0.2, -0.15) is 0 Å². The molecule has 0 aromatic heterocycles. The average molecular weight is 389 g/mol. The van der Waals surface area contributed by atoms with Crippen molar-refractivity contribution in [3.05, 3.63) is 64.7 Å². The van der Waals surface area contributed by atoms with Crippen LogP contribution in [-0.4, -0.2) is 23.9 Å². The van der Waals surface area contributed by atoms with Gasteiger partial charge in [-0.1, -0.05) is 35.9 Å². The Morgan fingerprint density at radius 2 is 1.42 bits per heavy atom. The minimum atomic E-state index is -3.63. The summed E-state index contributed by atoms with van der Waals surface area (Å²) in [6.45, 7) is 0.101. The van der Waals surface area contributed by atoms with Gasteiger partial charge in [0.05, 0.1) is 10.6 Å². The maximum atomic E-state index is 12.2. The highest BCUT2D eigenvalue weighted by molar-refractivity contribution is 7.89. The predicted molar refractivity (Wildman–Crippen MR) is 93.6 cm³/mol. The lowest BCUT2D eigenvalue weighted by Gasteiger charge is -2.08. The van der Waals surface area contributed by atoms with Gasteiger partial charge >= 0.3 is 0 Å².